The molecule has 9 heteroatoms. The first-order valence-corrected chi connectivity index (χ1v) is 13.8. The van der Waals surface area contributed by atoms with Crippen LogP contribution in [0.3, 0.4) is 0 Å². The number of anilines is 2. The van der Waals surface area contributed by atoms with Gasteiger partial charge in [-0.3, -0.25) is 14.5 Å². The van der Waals surface area contributed by atoms with Crippen LogP contribution in [0.5, 0.6) is 0 Å². The number of aromatic nitrogens is 2. The number of rotatable bonds is 8. The fraction of sp³-hybridized carbons (Fsp3) is 0.615. The van der Waals surface area contributed by atoms with Crippen molar-refractivity contribution in [3.05, 3.63) is 34.8 Å². The zero-order chi connectivity index (χ0) is 24.0. The molecule has 2 aliphatic heterocycles. The minimum atomic E-state index is -0.384. The van der Waals surface area contributed by atoms with Crippen molar-refractivity contribution >= 4 is 34.0 Å². The van der Waals surface area contributed by atoms with Gasteiger partial charge in [0.1, 0.15) is 5.01 Å². The highest BCUT2D eigenvalue weighted by Gasteiger charge is 2.35. The van der Waals surface area contributed by atoms with E-state index in [1.807, 2.05) is 12.1 Å². The van der Waals surface area contributed by atoms with Gasteiger partial charge in [0.2, 0.25) is 16.9 Å². The molecule has 3 heterocycles. The van der Waals surface area contributed by atoms with E-state index in [-0.39, 0.29) is 24.2 Å². The van der Waals surface area contributed by atoms with E-state index < -0.39 is 0 Å². The highest BCUT2D eigenvalue weighted by molar-refractivity contribution is 7.15. The molecule has 8 nitrogen and oxygen atoms in total. The monoisotopic (exact) mass is 497 g/mol. The molecular weight excluding hydrogens is 462 g/mol. The predicted molar refractivity (Wildman–Crippen MR) is 136 cm³/mol. The van der Waals surface area contributed by atoms with Crippen molar-refractivity contribution in [3.63, 3.8) is 0 Å². The zero-order valence-corrected chi connectivity index (χ0v) is 21.1. The van der Waals surface area contributed by atoms with Crippen LogP contribution in [0.2, 0.25) is 0 Å². The van der Waals surface area contributed by atoms with E-state index in [2.05, 4.69) is 32.5 Å². The fourth-order valence-corrected chi connectivity index (χ4v) is 6.11. The summed E-state index contributed by atoms with van der Waals surface area (Å²) in [6, 6.07) is 8.11. The van der Waals surface area contributed by atoms with Crippen molar-refractivity contribution in [1.82, 2.24) is 15.1 Å². The Labute approximate surface area is 211 Å². The van der Waals surface area contributed by atoms with E-state index in [9.17, 15) is 9.59 Å². The van der Waals surface area contributed by atoms with Crippen LogP contribution >= 0.6 is 11.3 Å². The highest BCUT2D eigenvalue weighted by Crippen LogP contribution is 2.30. The Balaban J connectivity index is 1.11. The quantitative estimate of drug-likeness (QED) is 0.596. The van der Waals surface area contributed by atoms with Crippen molar-refractivity contribution in [2.75, 3.05) is 43.1 Å². The summed E-state index contributed by atoms with van der Waals surface area (Å²) >= 11 is 1.46. The molecule has 1 unspecified atom stereocenters. The Bertz CT molecular complexity index is 999. The Morgan fingerprint density at radius 2 is 1.86 bits per heavy atom. The molecule has 2 amide bonds. The summed E-state index contributed by atoms with van der Waals surface area (Å²) in [5.74, 6) is 0.246. The van der Waals surface area contributed by atoms with Crippen LogP contribution in [0, 0.1) is 11.8 Å². The van der Waals surface area contributed by atoms with E-state index in [1.54, 1.807) is 4.90 Å². The van der Waals surface area contributed by atoms with E-state index in [0.717, 1.165) is 62.3 Å². The van der Waals surface area contributed by atoms with Gasteiger partial charge in [-0.1, -0.05) is 55.6 Å². The number of carbonyl (C=O) groups excluding carboxylic acids is 2. The van der Waals surface area contributed by atoms with Gasteiger partial charge in [0.25, 0.3) is 0 Å². The largest absolute Gasteiger partial charge is 0.379 e. The second kappa shape index (κ2) is 11.6. The Morgan fingerprint density at radius 3 is 2.63 bits per heavy atom. The lowest BCUT2D eigenvalue weighted by Gasteiger charge is -2.26. The van der Waals surface area contributed by atoms with Gasteiger partial charge in [-0.05, 0) is 30.0 Å². The summed E-state index contributed by atoms with van der Waals surface area (Å²) in [6.45, 7) is 4.72. The average Bonchev–Trinajstić information content (AvgIpc) is 3.51. The van der Waals surface area contributed by atoms with Gasteiger partial charge in [-0.2, -0.15) is 0 Å². The van der Waals surface area contributed by atoms with Crippen molar-refractivity contribution in [2.45, 2.75) is 57.9 Å². The first kappa shape index (κ1) is 24.3. The molecule has 35 heavy (non-hydrogen) atoms. The highest BCUT2D eigenvalue weighted by atomic mass is 32.1. The molecule has 0 radical (unpaired) electrons. The topological polar surface area (TPSA) is 87.7 Å². The minimum absolute atomic E-state index is 0.0171. The minimum Gasteiger partial charge on any atom is -0.379 e. The Kier molecular flexibility index (Phi) is 8.06. The maximum absolute atomic E-state index is 12.9. The van der Waals surface area contributed by atoms with E-state index in [4.69, 9.17) is 4.74 Å². The first-order chi connectivity index (χ1) is 17.1. The standard InChI is InChI=1S/C26H35N5O3S/c32-24-16-21(18-31(24)22-9-6-20(7-10-22)17-30-12-14-34-15-13-30)25(33)27-26-29-28-23(35-26)11-8-19-4-2-1-3-5-19/h6-7,9-10,19,21H,1-5,8,11-18H2,(H,27,29,33). The van der Waals surface area contributed by atoms with Gasteiger partial charge >= 0.3 is 0 Å². The number of carbonyl (C=O) groups is 2. The Morgan fingerprint density at radius 1 is 1.09 bits per heavy atom. The smallest absolute Gasteiger partial charge is 0.231 e. The van der Waals surface area contributed by atoms with Crippen LogP contribution in [0.4, 0.5) is 10.8 Å². The SMILES string of the molecule is O=C(Nc1nnc(CCC2CCCCC2)s1)C1CC(=O)N(c2ccc(CN3CCOCC3)cc2)C1. The molecule has 1 N–H and O–H groups in total. The molecule has 1 aromatic heterocycles. The summed E-state index contributed by atoms with van der Waals surface area (Å²) in [6.07, 6.45) is 9.00. The third kappa shape index (κ3) is 6.45. The summed E-state index contributed by atoms with van der Waals surface area (Å²) in [5.41, 5.74) is 2.06. The summed E-state index contributed by atoms with van der Waals surface area (Å²) < 4.78 is 5.41. The summed E-state index contributed by atoms with van der Waals surface area (Å²) in [5, 5.41) is 12.9. The van der Waals surface area contributed by atoms with Crippen LogP contribution in [-0.4, -0.2) is 59.8 Å². The fourth-order valence-electron chi connectivity index (χ4n) is 5.35. The van der Waals surface area contributed by atoms with Gasteiger partial charge in [0, 0.05) is 44.7 Å². The van der Waals surface area contributed by atoms with Gasteiger partial charge in [0.15, 0.2) is 0 Å². The third-order valence-electron chi connectivity index (χ3n) is 7.44. The molecule has 1 aliphatic carbocycles. The van der Waals surface area contributed by atoms with Crippen LogP contribution in [0.1, 0.15) is 55.5 Å². The van der Waals surface area contributed by atoms with Crippen LogP contribution < -0.4 is 10.2 Å². The Hall–Kier alpha value is -2.36. The number of hydrogen-bond acceptors (Lipinski definition) is 7. The number of amides is 2. The molecule has 2 aromatic rings. The molecule has 3 aliphatic rings. The maximum atomic E-state index is 12.9. The van der Waals surface area contributed by atoms with E-state index >= 15 is 0 Å². The zero-order valence-electron chi connectivity index (χ0n) is 20.3. The average molecular weight is 498 g/mol. The molecule has 2 saturated heterocycles. The predicted octanol–water partition coefficient (Wildman–Crippen LogP) is 3.87. The second-order valence-electron chi connectivity index (χ2n) is 9.99. The summed E-state index contributed by atoms with van der Waals surface area (Å²) in [7, 11) is 0. The van der Waals surface area contributed by atoms with Crippen molar-refractivity contribution in [1.29, 1.82) is 0 Å². The van der Waals surface area contributed by atoms with E-state index in [0.29, 0.717) is 11.7 Å². The van der Waals surface area contributed by atoms with Gasteiger partial charge in [0.05, 0.1) is 19.1 Å². The number of nitrogens with one attached hydrogen (secondary N) is 1. The lowest BCUT2D eigenvalue weighted by atomic mass is 9.86. The normalized spacial score (nSPS) is 22.0. The van der Waals surface area contributed by atoms with Gasteiger partial charge in [-0.15, -0.1) is 10.2 Å². The van der Waals surface area contributed by atoms with Crippen molar-refractivity contribution in [3.8, 4) is 0 Å². The molecule has 1 saturated carbocycles. The van der Waals surface area contributed by atoms with Gasteiger partial charge in [-0.25, -0.2) is 0 Å². The molecule has 5 rings (SSSR count). The maximum Gasteiger partial charge on any atom is 0.231 e. The lowest BCUT2D eigenvalue weighted by Crippen LogP contribution is -2.35. The number of benzene rings is 1. The molecular formula is C26H35N5O3S. The molecule has 0 bridgehead atoms. The number of ether oxygens (including phenoxy) is 1. The first-order valence-electron chi connectivity index (χ1n) is 13.0. The number of morpholine rings is 1. The molecule has 3 fully saturated rings. The van der Waals surface area contributed by atoms with Crippen molar-refractivity contribution < 1.29 is 14.3 Å². The molecule has 188 valence electrons. The number of aryl methyl sites for hydroxylation is 1. The van der Waals surface area contributed by atoms with Crippen molar-refractivity contribution in [2.24, 2.45) is 11.8 Å². The molecule has 1 aromatic carbocycles. The molecule has 0 spiro atoms. The third-order valence-corrected chi connectivity index (χ3v) is 8.34. The lowest BCUT2D eigenvalue weighted by molar-refractivity contribution is -0.122. The molecule has 1 atom stereocenters. The second-order valence-corrected chi connectivity index (χ2v) is 11.1. The number of hydrogen-bond donors (Lipinski definition) is 1. The van der Waals surface area contributed by atoms with Crippen LogP contribution in [0.25, 0.3) is 0 Å². The van der Waals surface area contributed by atoms with Crippen LogP contribution in [0.15, 0.2) is 24.3 Å². The summed E-state index contributed by atoms with van der Waals surface area (Å²) in [4.78, 5) is 29.6. The van der Waals surface area contributed by atoms with Gasteiger partial charge < -0.3 is 15.0 Å². The van der Waals surface area contributed by atoms with Crippen LogP contribution in [-0.2, 0) is 27.3 Å². The number of nitrogens with zero attached hydrogens (tertiary/aromatic N) is 4. The van der Waals surface area contributed by atoms with E-state index in [1.165, 1.54) is 49.0 Å².